The van der Waals surface area contributed by atoms with Crippen molar-refractivity contribution in [2.45, 2.75) is 11.8 Å². The monoisotopic (exact) mass is 365 g/mol. The molecule has 0 fully saturated rings. The second-order valence-electron chi connectivity index (χ2n) is 5.10. The summed E-state index contributed by atoms with van der Waals surface area (Å²) in [5, 5.41) is 0. The summed E-state index contributed by atoms with van der Waals surface area (Å²) in [5.41, 5.74) is 0.551. The Hall–Kier alpha value is -2.74. The summed E-state index contributed by atoms with van der Waals surface area (Å²) in [5.74, 6) is 0.769. The van der Waals surface area contributed by atoms with Gasteiger partial charge < -0.3 is 14.2 Å². The third-order valence-corrected chi connectivity index (χ3v) is 4.85. The van der Waals surface area contributed by atoms with E-state index in [1.807, 2.05) is 0 Å². The first-order valence-electron chi connectivity index (χ1n) is 7.26. The average molecular weight is 365 g/mol. The van der Waals surface area contributed by atoms with Crippen LogP contribution in [0.25, 0.3) is 0 Å². The highest BCUT2D eigenvalue weighted by molar-refractivity contribution is 7.92. The second kappa shape index (κ2) is 7.43. The van der Waals surface area contributed by atoms with E-state index in [1.165, 1.54) is 58.6 Å². The molecule has 2 aromatic rings. The highest BCUT2D eigenvalue weighted by Gasteiger charge is 2.19. The highest BCUT2D eigenvalue weighted by atomic mass is 32.2. The Morgan fingerprint density at radius 3 is 2.04 bits per heavy atom. The molecule has 0 radical (unpaired) electrons. The molecule has 0 aliphatic carbocycles. The minimum atomic E-state index is -3.89. The fourth-order valence-electron chi connectivity index (χ4n) is 2.24. The number of carbonyl (C=O) groups is 1. The van der Waals surface area contributed by atoms with Gasteiger partial charge in [0.25, 0.3) is 10.0 Å². The predicted molar refractivity (Wildman–Crippen MR) is 93.4 cm³/mol. The number of hydrogen-bond donors (Lipinski definition) is 1. The largest absolute Gasteiger partial charge is 0.493 e. The van der Waals surface area contributed by atoms with Crippen molar-refractivity contribution in [1.29, 1.82) is 0 Å². The fourth-order valence-corrected chi connectivity index (χ4v) is 3.32. The SMILES string of the molecule is COc1cc(NS(=O)(=O)c2cccc(C(C)=O)c2)cc(OC)c1OC. The molecule has 2 aromatic carbocycles. The molecular weight excluding hydrogens is 346 g/mol. The van der Waals surface area contributed by atoms with E-state index in [0.29, 0.717) is 22.8 Å². The summed E-state index contributed by atoms with van der Waals surface area (Å²) >= 11 is 0. The van der Waals surface area contributed by atoms with Crippen LogP contribution in [0.4, 0.5) is 5.69 Å². The zero-order valence-electron chi connectivity index (χ0n) is 14.3. The van der Waals surface area contributed by atoms with Crippen LogP contribution in [0.2, 0.25) is 0 Å². The van der Waals surface area contributed by atoms with Gasteiger partial charge >= 0.3 is 0 Å². The first kappa shape index (κ1) is 18.6. The van der Waals surface area contributed by atoms with Gasteiger partial charge in [0.05, 0.1) is 31.9 Å². The van der Waals surface area contributed by atoms with Crippen molar-refractivity contribution in [3.63, 3.8) is 0 Å². The summed E-state index contributed by atoms with van der Waals surface area (Å²) < 4.78 is 43.3. The Labute approximate surface area is 146 Å². The lowest BCUT2D eigenvalue weighted by molar-refractivity contribution is 0.101. The van der Waals surface area contributed by atoms with Crippen molar-refractivity contribution in [3.05, 3.63) is 42.0 Å². The first-order valence-corrected chi connectivity index (χ1v) is 8.74. The molecule has 8 heteroatoms. The quantitative estimate of drug-likeness (QED) is 0.759. The normalized spacial score (nSPS) is 10.9. The Kier molecular flexibility index (Phi) is 5.53. The molecule has 134 valence electrons. The van der Waals surface area contributed by atoms with Crippen LogP contribution in [0.15, 0.2) is 41.3 Å². The topological polar surface area (TPSA) is 90.9 Å². The summed E-state index contributed by atoms with van der Waals surface area (Å²) in [7, 11) is 0.436. The smallest absolute Gasteiger partial charge is 0.261 e. The van der Waals surface area contributed by atoms with Gasteiger partial charge in [-0.1, -0.05) is 12.1 Å². The molecule has 0 bridgehead atoms. The van der Waals surface area contributed by atoms with Crippen molar-refractivity contribution in [2.75, 3.05) is 26.1 Å². The molecule has 0 saturated heterocycles. The minimum absolute atomic E-state index is 0.0195. The second-order valence-corrected chi connectivity index (χ2v) is 6.79. The minimum Gasteiger partial charge on any atom is -0.493 e. The fraction of sp³-hybridized carbons (Fsp3) is 0.235. The lowest BCUT2D eigenvalue weighted by Gasteiger charge is -2.15. The Balaban J connectivity index is 2.44. The maximum absolute atomic E-state index is 12.6. The Bertz CT molecular complexity index is 867. The molecule has 0 unspecified atom stereocenters. The van der Waals surface area contributed by atoms with Gasteiger partial charge in [0.2, 0.25) is 5.75 Å². The summed E-state index contributed by atoms with van der Waals surface area (Å²) in [6, 6.07) is 8.76. The maximum atomic E-state index is 12.6. The maximum Gasteiger partial charge on any atom is 0.261 e. The number of hydrogen-bond acceptors (Lipinski definition) is 6. The molecule has 0 atom stereocenters. The average Bonchev–Trinajstić information content (AvgIpc) is 2.60. The predicted octanol–water partition coefficient (Wildman–Crippen LogP) is 2.72. The van der Waals surface area contributed by atoms with Crippen molar-refractivity contribution in [3.8, 4) is 17.2 Å². The number of ketones is 1. The van der Waals surface area contributed by atoms with Gasteiger partial charge in [0.15, 0.2) is 17.3 Å². The number of carbonyl (C=O) groups excluding carboxylic acids is 1. The highest BCUT2D eigenvalue weighted by Crippen LogP contribution is 2.40. The molecule has 0 aliphatic rings. The number of methoxy groups -OCH3 is 3. The number of anilines is 1. The molecule has 0 heterocycles. The number of Topliss-reactive ketones (excluding diaryl/α,β-unsaturated/α-hetero) is 1. The molecule has 0 aliphatic heterocycles. The van der Waals surface area contributed by atoms with Crippen LogP contribution in [-0.2, 0) is 10.0 Å². The zero-order valence-corrected chi connectivity index (χ0v) is 15.1. The molecule has 0 amide bonds. The first-order chi connectivity index (χ1) is 11.8. The van der Waals surface area contributed by atoms with Crippen molar-refractivity contribution in [1.82, 2.24) is 0 Å². The van der Waals surface area contributed by atoms with Gasteiger partial charge in [-0.25, -0.2) is 8.42 Å². The number of benzene rings is 2. The van der Waals surface area contributed by atoms with Gasteiger partial charge in [-0.15, -0.1) is 0 Å². The van der Waals surface area contributed by atoms with E-state index in [2.05, 4.69) is 4.72 Å². The van der Waals surface area contributed by atoms with Gasteiger partial charge in [0.1, 0.15) is 0 Å². The van der Waals surface area contributed by atoms with E-state index in [9.17, 15) is 13.2 Å². The lowest BCUT2D eigenvalue weighted by Crippen LogP contribution is -2.14. The number of ether oxygens (including phenoxy) is 3. The van der Waals surface area contributed by atoms with Crippen LogP contribution in [0, 0.1) is 0 Å². The molecule has 0 saturated carbocycles. The Morgan fingerprint density at radius 1 is 0.960 bits per heavy atom. The summed E-state index contributed by atoms with van der Waals surface area (Å²) in [4.78, 5) is 11.4. The third-order valence-electron chi connectivity index (χ3n) is 3.47. The number of sulfonamides is 1. The van der Waals surface area contributed by atoms with Gasteiger partial charge in [0, 0.05) is 17.7 Å². The van der Waals surface area contributed by atoms with E-state index in [0.717, 1.165) is 0 Å². The van der Waals surface area contributed by atoms with E-state index in [-0.39, 0.29) is 16.4 Å². The molecule has 0 spiro atoms. The molecule has 2 rings (SSSR count). The van der Waals surface area contributed by atoms with Crippen LogP contribution in [0.3, 0.4) is 0 Å². The van der Waals surface area contributed by atoms with Crippen LogP contribution in [-0.4, -0.2) is 35.5 Å². The number of nitrogens with one attached hydrogen (secondary N) is 1. The molecule has 0 aromatic heterocycles. The van der Waals surface area contributed by atoms with E-state index in [4.69, 9.17) is 14.2 Å². The van der Waals surface area contributed by atoms with Crippen LogP contribution in [0.5, 0.6) is 17.2 Å². The van der Waals surface area contributed by atoms with Crippen LogP contribution < -0.4 is 18.9 Å². The van der Waals surface area contributed by atoms with Crippen LogP contribution >= 0.6 is 0 Å². The van der Waals surface area contributed by atoms with E-state index in [1.54, 1.807) is 6.07 Å². The molecule has 1 N–H and O–H groups in total. The molecule has 7 nitrogen and oxygen atoms in total. The van der Waals surface area contributed by atoms with Crippen LogP contribution in [0.1, 0.15) is 17.3 Å². The van der Waals surface area contributed by atoms with Gasteiger partial charge in [-0.3, -0.25) is 9.52 Å². The van der Waals surface area contributed by atoms with E-state index < -0.39 is 10.0 Å². The lowest BCUT2D eigenvalue weighted by atomic mass is 10.2. The standard InChI is InChI=1S/C17H19NO6S/c1-11(19)12-6-5-7-14(8-12)25(20,21)18-13-9-15(22-2)17(24-4)16(10-13)23-3/h5-10,18H,1-4H3. The van der Waals surface area contributed by atoms with Crippen molar-refractivity contribution >= 4 is 21.5 Å². The van der Waals surface area contributed by atoms with Gasteiger partial charge in [-0.05, 0) is 19.1 Å². The zero-order chi connectivity index (χ0) is 18.6. The third kappa shape index (κ3) is 4.03. The molecular formula is C17H19NO6S. The summed E-state index contributed by atoms with van der Waals surface area (Å²) in [6.07, 6.45) is 0. The number of rotatable bonds is 7. The van der Waals surface area contributed by atoms with Crippen molar-refractivity contribution < 1.29 is 27.4 Å². The van der Waals surface area contributed by atoms with Crippen molar-refractivity contribution in [2.24, 2.45) is 0 Å². The Morgan fingerprint density at radius 2 is 1.56 bits per heavy atom. The summed E-state index contributed by atoms with van der Waals surface area (Å²) in [6.45, 7) is 1.37. The van der Waals surface area contributed by atoms with Gasteiger partial charge in [-0.2, -0.15) is 0 Å². The van der Waals surface area contributed by atoms with E-state index >= 15 is 0 Å². The molecule has 25 heavy (non-hydrogen) atoms.